The van der Waals surface area contributed by atoms with Gasteiger partial charge in [0, 0.05) is 17.1 Å². The summed E-state index contributed by atoms with van der Waals surface area (Å²) in [5, 5.41) is 14.2. The molecule has 4 nitrogen and oxygen atoms in total. The lowest BCUT2D eigenvalue weighted by atomic mass is 10.1. The monoisotopic (exact) mass is 415 g/mol. The van der Waals surface area contributed by atoms with Crippen LogP contribution in [0.2, 0.25) is 0 Å². The van der Waals surface area contributed by atoms with Crippen LogP contribution in [0.4, 0.5) is 18.9 Å². The minimum Gasteiger partial charge on any atom is -0.494 e. The molecule has 0 fully saturated rings. The molecular formula is C21H16F3N3OS. The number of ether oxygens (including phenoxy) is 1. The molecule has 0 aliphatic rings. The van der Waals surface area contributed by atoms with Crippen LogP contribution < -0.4 is 10.1 Å². The molecule has 1 heterocycles. The molecule has 0 saturated heterocycles. The largest absolute Gasteiger partial charge is 0.494 e. The fourth-order valence-electron chi connectivity index (χ4n) is 2.57. The quantitative estimate of drug-likeness (QED) is 0.487. The molecular weight excluding hydrogens is 399 g/mol. The number of allylic oxidation sites excluding steroid dienone is 1. The molecule has 1 aromatic heterocycles. The average molecular weight is 415 g/mol. The molecule has 0 bridgehead atoms. The number of nitrogens with one attached hydrogen (secondary N) is 1. The van der Waals surface area contributed by atoms with E-state index in [4.69, 9.17) is 4.74 Å². The summed E-state index contributed by atoms with van der Waals surface area (Å²) in [5.41, 5.74) is 0.733. The van der Waals surface area contributed by atoms with Crippen molar-refractivity contribution in [2.75, 3.05) is 11.9 Å². The molecule has 29 heavy (non-hydrogen) atoms. The van der Waals surface area contributed by atoms with E-state index in [-0.39, 0.29) is 11.3 Å². The van der Waals surface area contributed by atoms with Gasteiger partial charge in [-0.3, -0.25) is 0 Å². The van der Waals surface area contributed by atoms with Crippen molar-refractivity contribution in [3.05, 3.63) is 70.7 Å². The number of nitriles is 1. The molecule has 0 saturated carbocycles. The highest BCUT2D eigenvalue weighted by molar-refractivity contribution is 7.11. The highest BCUT2D eigenvalue weighted by Crippen LogP contribution is 2.35. The van der Waals surface area contributed by atoms with Gasteiger partial charge in [-0.25, -0.2) is 4.98 Å². The summed E-state index contributed by atoms with van der Waals surface area (Å²) in [6, 6.07) is 14.4. The number of benzene rings is 2. The van der Waals surface area contributed by atoms with E-state index in [0.29, 0.717) is 17.3 Å². The van der Waals surface area contributed by atoms with E-state index in [1.54, 1.807) is 5.38 Å². The molecule has 0 atom stereocenters. The molecule has 0 aliphatic heterocycles. The summed E-state index contributed by atoms with van der Waals surface area (Å²) < 4.78 is 44.7. The van der Waals surface area contributed by atoms with Crippen LogP contribution in [0.5, 0.6) is 5.75 Å². The number of rotatable bonds is 6. The van der Waals surface area contributed by atoms with Crippen molar-refractivity contribution in [2.24, 2.45) is 0 Å². The molecule has 0 spiro atoms. The van der Waals surface area contributed by atoms with Crippen LogP contribution in [-0.2, 0) is 6.18 Å². The molecule has 3 rings (SSSR count). The highest BCUT2D eigenvalue weighted by Gasteiger charge is 2.33. The Morgan fingerprint density at radius 1 is 1.21 bits per heavy atom. The maximum absolute atomic E-state index is 13.1. The van der Waals surface area contributed by atoms with Gasteiger partial charge >= 0.3 is 6.18 Å². The lowest BCUT2D eigenvalue weighted by molar-refractivity contribution is -0.136. The molecule has 1 N–H and O–H groups in total. The second-order valence-electron chi connectivity index (χ2n) is 5.85. The standard InChI is InChI=1S/C21H16F3N3OS/c1-2-28-16-9-7-14(8-10-16)19-13-29-20(27-19)15(11-25)12-26-18-6-4-3-5-17(18)21(22,23)24/h3-10,12-13,26H,2H2,1H3/b15-12-. The first-order valence-corrected chi connectivity index (χ1v) is 9.52. The minimum absolute atomic E-state index is 0.129. The van der Waals surface area contributed by atoms with Gasteiger partial charge in [-0.1, -0.05) is 12.1 Å². The third-order valence-corrected chi connectivity index (χ3v) is 4.80. The van der Waals surface area contributed by atoms with Gasteiger partial charge in [0.15, 0.2) is 0 Å². The Morgan fingerprint density at radius 2 is 1.93 bits per heavy atom. The fourth-order valence-corrected chi connectivity index (χ4v) is 3.36. The molecule has 0 radical (unpaired) electrons. The van der Waals surface area contributed by atoms with Crippen LogP contribution in [0.25, 0.3) is 16.8 Å². The number of hydrogen-bond acceptors (Lipinski definition) is 5. The van der Waals surface area contributed by atoms with Crippen molar-refractivity contribution in [1.82, 2.24) is 4.98 Å². The third-order valence-electron chi connectivity index (χ3n) is 3.92. The molecule has 0 unspecified atom stereocenters. The van der Waals surface area contributed by atoms with E-state index >= 15 is 0 Å². The molecule has 0 amide bonds. The second-order valence-corrected chi connectivity index (χ2v) is 6.71. The van der Waals surface area contributed by atoms with Gasteiger partial charge < -0.3 is 10.1 Å². The average Bonchev–Trinajstić information content (AvgIpc) is 3.19. The second kappa shape index (κ2) is 8.80. The molecule has 8 heteroatoms. The SMILES string of the molecule is CCOc1ccc(-c2csc(/C(C#N)=C\Nc3ccccc3C(F)(F)F)n2)cc1. The number of alkyl halides is 3. The minimum atomic E-state index is -4.49. The van der Waals surface area contributed by atoms with E-state index in [9.17, 15) is 18.4 Å². The summed E-state index contributed by atoms with van der Waals surface area (Å²) in [6.07, 6.45) is -3.25. The summed E-state index contributed by atoms with van der Waals surface area (Å²) in [6.45, 7) is 2.47. The topological polar surface area (TPSA) is 57.9 Å². The Bertz CT molecular complexity index is 1050. The van der Waals surface area contributed by atoms with Crippen molar-refractivity contribution in [3.8, 4) is 23.1 Å². The number of para-hydroxylation sites is 1. The van der Waals surface area contributed by atoms with E-state index in [2.05, 4.69) is 10.3 Å². The Hall–Kier alpha value is -3.31. The van der Waals surface area contributed by atoms with Crippen LogP contribution >= 0.6 is 11.3 Å². The predicted octanol–water partition coefficient (Wildman–Crippen LogP) is 6.20. The normalized spacial score (nSPS) is 11.8. The summed E-state index contributed by atoms with van der Waals surface area (Å²) >= 11 is 1.24. The van der Waals surface area contributed by atoms with E-state index < -0.39 is 11.7 Å². The summed E-state index contributed by atoms with van der Waals surface area (Å²) in [4.78, 5) is 4.44. The number of halogens is 3. The molecule has 148 valence electrons. The van der Waals surface area contributed by atoms with Gasteiger partial charge in [-0.15, -0.1) is 11.3 Å². The van der Waals surface area contributed by atoms with E-state index in [0.717, 1.165) is 17.4 Å². The zero-order valence-corrected chi connectivity index (χ0v) is 16.1. The van der Waals surface area contributed by atoms with Crippen molar-refractivity contribution >= 4 is 22.6 Å². The van der Waals surface area contributed by atoms with Crippen LogP contribution in [0.15, 0.2) is 60.1 Å². The van der Waals surface area contributed by atoms with Crippen LogP contribution in [0.1, 0.15) is 17.5 Å². The first-order chi connectivity index (χ1) is 13.9. The van der Waals surface area contributed by atoms with Gasteiger partial charge in [0.1, 0.15) is 22.4 Å². The van der Waals surface area contributed by atoms with Crippen LogP contribution in [0, 0.1) is 11.3 Å². The van der Waals surface area contributed by atoms with Crippen molar-refractivity contribution in [3.63, 3.8) is 0 Å². The van der Waals surface area contributed by atoms with Crippen LogP contribution in [0.3, 0.4) is 0 Å². The number of thiazole rings is 1. The van der Waals surface area contributed by atoms with E-state index in [1.165, 1.54) is 35.7 Å². The summed E-state index contributed by atoms with van der Waals surface area (Å²) in [7, 11) is 0. The third kappa shape index (κ3) is 4.95. The van der Waals surface area contributed by atoms with Crippen molar-refractivity contribution < 1.29 is 17.9 Å². The first-order valence-electron chi connectivity index (χ1n) is 8.64. The van der Waals surface area contributed by atoms with Gasteiger partial charge in [-0.05, 0) is 43.3 Å². The molecule has 3 aromatic rings. The maximum atomic E-state index is 13.1. The highest BCUT2D eigenvalue weighted by atomic mass is 32.1. The Morgan fingerprint density at radius 3 is 2.59 bits per heavy atom. The first kappa shape index (κ1) is 20.4. The van der Waals surface area contributed by atoms with Gasteiger partial charge in [0.25, 0.3) is 0 Å². The van der Waals surface area contributed by atoms with Crippen molar-refractivity contribution in [1.29, 1.82) is 5.26 Å². The summed E-state index contributed by atoms with van der Waals surface area (Å²) in [5.74, 6) is 0.747. The lowest BCUT2D eigenvalue weighted by Crippen LogP contribution is -2.08. The molecule has 2 aromatic carbocycles. The number of hydrogen-bond donors (Lipinski definition) is 1. The lowest BCUT2D eigenvalue weighted by Gasteiger charge is -2.12. The number of anilines is 1. The Kier molecular flexibility index (Phi) is 6.20. The number of nitrogens with zero attached hydrogens (tertiary/aromatic N) is 2. The van der Waals surface area contributed by atoms with E-state index in [1.807, 2.05) is 37.3 Å². The zero-order chi connectivity index (χ0) is 20.9. The van der Waals surface area contributed by atoms with Crippen LogP contribution in [-0.4, -0.2) is 11.6 Å². The van der Waals surface area contributed by atoms with Gasteiger partial charge in [0.05, 0.1) is 23.6 Å². The number of aromatic nitrogens is 1. The fraction of sp³-hybridized carbons (Fsp3) is 0.143. The predicted molar refractivity (Wildman–Crippen MR) is 107 cm³/mol. The molecule has 0 aliphatic carbocycles. The Labute approximate surface area is 169 Å². The Balaban J connectivity index is 1.82. The smallest absolute Gasteiger partial charge is 0.418 e. The van der Waals surface area contributed by atoms with Gasteiger partial charge in [-0.2, -0.15) is 18.4 Å². The zero-order valence-electron chi connectivity index (χ0n) is 15.3. The van der Waals surface area contributed by atoms with Crippen molar-refractivity contribution in [2.45, 2.75) is 13.1 Å². The van der Waals surface area contributed by atoms with Gasteiger partial charge in [0.2, 0.25) is 0 Å². The maximum Gasteiger partial charge on any atom is 0.418 e.